The monoisotopic (exact) mass is 418 g/mol. The first kappa shape index (κ1) is 22.0. The van der Waals surface area contributed by atoms with E-state index in [1.54, 1.807) is 19.1 Å². The van der Waals surface area contributed by atoms with Gasteiger partial charge in [-0.1, -0.05) is 0 Å². The molecule has 1 atom stereocenters. The summed E-state index contributed by atoms with van der Waals surface area (Å²) in [5.41, 5.74) is 1.04. The number of nitro groups is 1. The number of amides is 1. The summed E-state index contributed by atoms with van der Waals surface area (Å²) in [6, 6.07) is 6.39. The summed E-state index contributed by atoms with van der Waals surface area (Å²) < 4.78 is 5.10. The highest BCUT2D eigenvalue weighted by molar-refractivity contribution is 5.82. The highest BCUT2D eigenvalue weighted by Crippen LogP contribution is 2.23. The minimum absolute atomic E-state index is 0.0864. The first-order chi connectivity index (χ1) is 14.4. The number of carbonyl (C=O) groups is 2. The molecule has 2 fully saturated rings. The van der Waals surface area contributed by atoms with Gasteiger partial charge in [0, 0.05) is 57.1 Å². The normalized spacial score (nSPS) is 19.4. The van der Waals surface area contributed by atoms with E-state index in [0.717, 1.165) is 31.9 Å². The number of hydrogen-bond donors (Lipinski definition) is 0. The molecule has 2 saturated heterocycles. The fourth-order valence-electron chi connectivity index (χ4n) is 4.17. The van der Waals surface area contributed by atoms with Gasteiger partial charge in [-0.25, -0.2) is 0 Å². The van der Waals surface area contributed by atoms with Gasteiger partial charge in [0.05, 0.1) is 23.5 Å². The third-order valence-corrected chi connectivity index (χ3v) is 6.07. The Bertz CT molecular complexity index is 753. The molecule has 2 aliphatic heterocycles. The van der Waals surface area contributed by atoms with Crippen LogP contribution in [0.3, 0.4) is 0 Å². The number of likely N-dealkylation sites (tertiary alicyclic amines) is 1. The molecule has 0 bridgehead atoms. The van der Waals surface area contributed by atoms with E-state index in [1.165, 1.54) is 12.1 Å². The van der Waals surface area contributed by atoms with E-state index in [9.17, 15) is 19.7 Å². The molecule has 0 aliphatic carbocycles. The molecule has 30 heavy (non-hydrogen) atoms. The molecule has 1 aromatic carbocycles. The summed E-state index contributed by atoms with van der Waals surface area (Å²) in [5, 5.41) is 10.8. The number of piperazine rings is 1. The van der Waals surface area contributed by atoms with Crippen molar-refractivity contribution in [3.63, 3.8) is 0 Å². The average Bonchev–Trinajstić information content (AvgIpc) is 2.78. The van der Waals surface area contributed by atoms with E-state index >= 15 is 0 Å². The SMILES string of the molecule is CCOC(=O)C1CCN(C(=O)[C@@H](C)N2CCN(c3ccc([N+](=O)[O-])cc3)CC2)CC1. The van der Waals surface area contributed by atoms with Gasteiger partial charge in [0.15, 0.2) is 0 Å². The van der Waals surface area contributed by atoms with Gasteiger partial charge >= 0.3 is 5.97 Å². The zero-order chi connectivity index (χ0) is 21.7. The number of anilines is 1. The van der Waals surface area contributed by atoms with Gasteiger partial charge in [-0.2, -0.15) is 0 Å². The fraction of sp³-hybridized carbons (Fsp3) is 0.619. The summed E-state index contributed by atoms with van der Waals surface area (Å²) in [5.74, 6) is -0.143. The Hall–Kier alpha value is -2.68. The van der Waals surface area contributed by atoms with Crippen molar-refractivity contribution in [1.29, 1.82) is 0 Å². The molecule has 0 aromatic heterocycles. The van der Waals surface area contributed by atoms with Crippen LogP contribution >= 0.6 is 0 Å². The van der Waals surface area contributed by atoms with Crippen molar-refractivity contribution in [2.24, 2.45) is 5.92 Å². The van der Waals surface area contributed by atoms with Gasteiger partial charge < -0.3 is 14.5 Å². The van der Waals surface area contributed by atoms with Crippen LogP contribution in [-0.2, 0) is 14.3 Å². The molecule has 1 aromatic rings. The summed E-state index contributed by atoms with van der Waals surface area (Å²) in [6.07, 6.45) is 1.32. The van der Waals surface area contributed by atoms with Crippen LogP contribution in [0.2, 0.25) is 0 Å². The lowest BCUT2D eigenvalue weighted by Crippen LogP contribution is -2.55. The van der Waals surface area contributed by atoms with Crippen LogP contribution < -0.4 is 4.90 Å². The third-order valence-electron chi connectivity index (χ3n) is 6.07. The number of benzene rings is 1. The van der Waals surface area contributed by atoms with Crippen molar-refractivity contribution in [2.45, 2.75) is 32.7 Å². The maximum absolute atomic E-state index is 12.9. The number of piperidine rings is 1. The number of carbonyl (C=O) groups excluding carboxylic acids is 2. The summed E-state index contributed by atoms with van der Waals surface area (Å²) in [7, 11) is 0. The Labute approximate surface area is 176 Å². The maximum atomic E-state index is 12.9. The highest BCUT2D eigenvalue weighted by Gasteiger charge is 2.33. The van der Waals surface area contributed by atoms with Crippen molar-refractivity contribution in [1.82, 2.24) is 9.80 Å². The lowest BCUT2D eigenvalue weighted by atomic mass is 9.96. The van der Waals surface area contributed by atoms with E-state index in [0.29, 0.717) is 32.5 Å². The maximum Gasteiger partial charge on any atom is 0.309 e. The Morgan fingerprint density at radius 1 is 1.10 bits per heavy atom. The van der Waals surface area contributed by atoms with E-state index in [-0.39, 0.29) is 29.5 Å². The molecule has 0 N–H and O–H groups in total. The van der Waals surface area contributed by atoms with Gasteiger partial charge in [0.25, 0.3) is 5.69 Å². The van der Waals surface area contributed by atoms with Crippen LogP contribution in [0.5, 0.6) is 0 Å². The number of esters is 1. The second-order valence-corrected chi connectivity index (χ2v) is 7.82. The van der Waals surface area contributed by atoms with Gasteiger partial charge in [-0.05, 0) is 38.8 Å². The first-order valence-corrected chi connectivity index (χ1v) is 10.6. The van der Waals surface area contributed by atoms with Crippen LogP contribution in [0.15, 0.2) is 24.3 Å². The highest BCUT2D eigenvalue weighted by atomic mass is 16.6. The number of ether oxygens (including phenoxy) is 1. The van der Waals surface area contributed by atoms with Crippen molar-refractivity contribution in [3.8, 4) is 0 Å². The van der Waals surface area contributed by atoms with E-state index in [1.807, 2.05) is 11.8 Å². The largest absolute Gasteiger partial charge is 0.466 e. The van der Waals surface area contributed by atoms with Crippen molar-refractivity contribution < 1.29 is 19.2 Å². The van der Waals surface area contributed by atoms with Gasteiger partial charge in [-0.15, -0.1) is 0 Å². The molecule has 9 nitrogen and oxygen atoms in total. The molecule has 0 radical (unpaired) electrons. The topological polar surface area (TPSA) is 96.2 Å². The molecule has 0 saturated carbocycles. The fourth-order valence-corrected chi connectivity index (χ4v) is 4.17. The van der Waals surface area contributed by atoms with Crippen LogP contribution in [0.4, 0.5) is 11.4 Å². The Kier molecular flexibility index (Phi) is 7.25. The zero-order valence-electron chi connectivity index (χ0n) is 17.7. The molecule has 0 spiro atoms. The zero-order valence-corrected chi connectivity index (χ0v) is 17.7. The van der Waals surface area contributed by atoms with Crippen LogP contribution in [-0.4, -0.2) is 78.5 Å². The third kappa shape index (κ3) is 5.08. The van der Waals surface area contributed by atoms with Gasteiger partial charge in [0.1, 0.15) is 0 Å². The molecule has 1 amide bonds. The van der Waals surface area contributed by atoms with Gasteiger partial charge in [0.2, 0.25) is 5.91 Å². The number of nitro benzene ring substituents is 1. The number of hydrogen-bond acceptors (Lipinski definition) is 7. The van der Waals surface area contributed by atoms with E-state index in [4.69, 9.17) is 4.74 Å². The lowest BCUT2D eigenvalue weighted by molar-refractivity contribution is -0.384. The molecular weight excluding hydrogens is 388 g/mol. The van der Waals surface area contributed by atoms with Crippen LogP contribution in [0, 0.1) is 16.0 Å². The molecule has 3 rings (SSSR count). The standard InChI is InChI=1S/C21H30N4O5/c1-3-30-21(27)17-8-10-24(11-9-17)20(26)16(2)22-12-14-23(15-13-22)18-4-6-19(7-5-18)25(28)29/h4-7,16-17H,3,8-15H2,1-2H3/t16-/m1/s1. The first-order valence-electron chi connectivity index (χ1n) is 10.6. The Morgan fingerprint density at radius 3 is 2.23 bits per heavy atom. The van der Waals surface area contributed by atoms with E-state index in [2.05, 4.69) is 9.80 Å². The molecule has 0 unspecified atom stereocenters. The minimum atomic E-state index is -0.398. The smallest absolute Gasteiger partial charge is 0.309 e. The molecule has 164 valence electrons. The van der Waals surface area contributed by atoms with Crippen molar-refractivity contribution in [2.75, 3.05) is 50.8 Å². The summed E-state index contributed by atoms with van der Waals surface area (Å²) in [4.78, 5) is 41.5. The Morgan fingerprint density at radius 2 is 1.70 bits per heavy atom. The quantitative estimate of drug-likeness (QED) is 0.395. The molecular formula is C21H30N4O5. The molecule has 9 heteroatoms. The van der Waals surface area contributed by atoms with Crippen molar-refractivity contribution >= 4 is 23.3 Å². The molecule has 2 heterocycles. The number of non-ortho nitro benzene ring substituents is 1. The minimum Gasteiger partial charge on any atom is -0.466 e. The second-order valence-electron chi connectivity index (χ2n) is 7.82. The Balaban J connectivity index is 1.48. The predicted octanol–water partition coefficient (Wildman–Crippen LogP) is 1.91. The van der Waals surface area contributed by atoms with Gasteiger partial charge in [-0.3, -0.25) is 24.6 Å². The number of nitrogens with zero attached hydrogens (tertiary/aromatic N) is 4. The second kappa shape index (κ2) is 9.88. The number of rotatable bonds is 6. The summed E-state index contributed by atoms with van der Waals surface area (Å²) in [6.45, 7) is 8.36. The van der Waals surface area contributed by atoms with Crippen LogP contribution in [0.1, 0.15) is 26.7 Å². The van der Waals surface area contributed by atoms with Crippen LogP contribution in [0.25, 0.3) is 0 Å². The summed E-state index contributed by atoms with van der Waals surface area (Å²) >= 11 is 0. The molecule has 2 aliphatic rings. The van der Waals surface area contributed by atoms with E-state index < -0.39 is 4.92 Å². The predicted molar refractivity (Wildman–Crippen MR) is 112 cm³/mol. The lowest BCUT2D eigenvalue weighted by Gasteiger charge is -2.40. The van der Waals surface area contributed by atoms with Crippen molar-refractivity contribution in [3.05, 3.63) is 34.4 Å². The average molecular weight is 418 g/mol.